The van der Waals surface area contributed by atoms with E-state index in [4.69, 9.17) is 16.6 Å². The predicted octanol–water partition coefficient (Wildman–Crippen LogP) is -0.0286. The molecular weight excluding hydrogens is 220 g/mol. The molecule has 0 bridgehead atoms. The maximum atomic E-state index is 11.2. The number of carbonyl (C=O) groups excluding carboxylic acids is 1. The first-order chi connectivity index (χ1) is 8.10. The van der Waals surface area contributed by atoms with Crippen LogP contribution in [0.3, 0.4) is 0 Å². The van der Waals surface area contributed by atoms with Gasteiger partial charge in [-0.15, -0.1) is 0 Å². The van der Waals surface area contributed by atoms with E-state index >= 15 is 0 Å². The summed E-state index contributed by atoms with van der Waals surface area (Å²) in [7, 11) is 0. The van der Waals surface area contributed by atoms with Crippen molar-refractivity contribution in [2.75, 3.05) is 30.3 Å². The van der Waals surface area contributed by atoms with Gasteiger partial charge in [0.15, 0.2) is 0 Å². The van der Waals surface area contributed by atoms with Crippen molar-refractivity contribution in [3.05, 3.63) is 17.8 Å². The maximum absolute atomic E-state index is 11.2. The molecule has 0 atom stereocenters. The molecule has 0 aliphatic rings. The summed E-state index contributed by atoms with van der Waals surface area (Å²) in [5, 5.41) is 8.80. The second kappa shape index (κ2) is 6.05. The summed E-state index contributed by atoms with van der Waals surface area (Å²) < 4.78 is 0. The summed E-state index contributed by atoms with van der Waals surface area (Å²) in [6.07, 6.45) is 2.07. The smallest absolute Gasteiger partial charge is 0.250 e. The minimum Gasteiger partial charge on any atom is -0.397 e. The fourth-order valence-electron chi connectivity index (χ4n) is 1.54. The van der Waals surface area contributed by atoms with Crippen LogP contribution >= 0.6 is 0 Å². The quantitative estimate of drug-likeness (QED) is 0.645. The summed E-state index contributed by atoms with van der Waals surface area (Å²) in [5.74, 6) is 0.0771. The Morgan fingerprint density at radius 2 is 2.29 bits per heavy atom. The van der Waals surface area contributed by atoms with Crippen molar-refractivity contribution >= 4 is 17.4 Å². The van der Waals surface area contributed by atoms with Gasteiger partial charge in [0.05, 0.1) is 17.4 Å². The number of aromatic nitrogens is 1. The van der Waals surface area contributed by atoms with E-state index in [2.05, 4.69) is 4.98 Å². The number of aliphatic hydroxyl groups excluding tert-OH is 1. The molecule has 0 aromatic carbocycles. The molecule has 6 nitrogen and oxygen atoms in total. The fraction of sp³-hybridized carbons (Fsp3) is 0.455. The Balaban J connectivity index is 2.96. The summed E-state index contributed by atoms with van der Waals surface area (Å²) in [6.45, 7) is 3.49. The van der Waals surface area contributed by atoms with Crippen LogP contribution < -0.4 is 16.4 Å². The molecule has 0 radical (unpaired) electrons. The van der Waals surface area contributed by atoms with Gasteiger partial charge in [0.2, 0.25) is 0 Å². The molecule has 1 amide bonds. The molecule has 6 heteroatoms. The van der Waals surface area contributed by atoms with Gasteiger partial charge in [0, 0.05) is 19.7 Å². The molecule has 1 heterocycles. The van der Waals surface area contributed by atoms with Crippen LogP contribution in [0.25, 0.3) is 0 Å². The predicted molar refractivity (Wildman–Crippen MR) is 66.8 cm³/mol. The molecule has 1 aromatic heterocycles. The number of hydrogen-bond acceptors (Lipinski definition) is 5. The number of amides is 1. The Morgan fingerprint density at radius 1 is 1.59 bits per heavy atom. The third-order valence-corrected chi connectivity index (χ3v) is 2.48. The van der Waals surface area contributed by atoms with Crippen molar-refractivity contribution in [2.45, 2.75) is 13.3 Å². The highest BCUT2D eigenvalue weighted by molar-refractivity contribution is 5.98. The Bertz CT molecular complexity index is 395. The molecule has 0 aliphatic heterocycles. The Labute approximate surface area is 100 Å². The largest absolute Gasteiger partial charge is 0.397 e. The Morgan fingerprint density at radius 3 is 2.82 bits per heavy atom. The van der Waals surface area contributed by atoms with Crippen LogP contribution in [0.5, 0.6) is 0 Å². The third kappa shape index (κ3) is 3.32. The summed E-state index contributed by atoms with van der Waals surface area (Å²) in [5.41, 5.74) is 11.4. The molecule has 94 valence electrons. The van der Waals surface area contributed by atoms with Crippen LogP contribution in [0, 0.1) is 0 Å². The molecule has 0 saturated heterocycles. The van der Waals surface area contributed by atoms with E-state index < -0.39 is 5.91 Å². The highest BCUT2D eigenvalue weighted by atomic mass is 16.3. The molecule has 0 spiro atoms. The number of rotatable bonds is 6. The summed E-state index contributed by atoms with van der Waals surface area (Å²) >= 11 is 0. The van der Waals surface area contributed by atoms with Gasteiger partial charge in [-0.2, -0.15) is 0 Å². The van der Waals surface area contributed by atoms with Crippen molar-refractivity contribution in [3.8, 4) is 0 Å². The first-order valence-corrected chi connectivity index (χ1v) is 5.51. The van der Waals surface area contributed by atoms with E-state index in [-0.39, 0.29) is 17.9 Å². The summed E-state index contributed by atoms with van der Waals surface area (Å²) in [4.78, 5) is 17.3. The standard InChI is InChI=1S/C11H18N4O2/c1-2-15(4-3-5-16)10-6-8(11(13)17)9(12)7-14-10/h6-7,16H,2-5,12H2,1H3,(H2,13,17). The molecular formula is C11H18N4O2. The highest BCUT2D eigenvalue weighted by Crippen LogP contribution is 2.17. The zero-order chi connectivity index (χ0) is 12.8. The van der Waals surface area contributed by atoms with E-state index in [9.17, 15) is 4.79 Å². The molecule has 0 fully saturated rings. The van der Waals surface area contributed by atoms with Crippen LogP contribution in [-0.2, 0) is 0 Å². The maximum Gasteiger partial charge on any atom is 0.250 e. The Hall–Kier alpha value is -1.82. The van der Waals surface area contributed by atoms with E-state index in [1.54, 1.807) is 6.07 Å². The van der Waals surface area contributed by atoms with Gasteiger partial charge in [-0.25, -0.2) is 4.98 Å². The molecule has 1 aromatic rings. The second-order valence-corrected chi connectivity index (χ2v) is 3.65. The van der Waals surface area contributed by atoms with E-state index in [1.807, 2.05) is 11.8 Å². The van der Waals surface area contributed by atoms with Crippen LogP contribution in [0.2, 0.25) is 0 Å². The number of primary amides is 1. The van der Waals surface area contributed by atoms with Crippen LogP contribution in [0.15, 0.2) is 12.3 Å². The molecule has 0 aliphatic carbocycles. The lowest BCUT2D eigenvalue weighted by Crippen LogP contribution is -2.26. The highest BCUT2D eigenvalue weighted by Gasteiger charge is 2.11. The third-order valence-electron chi connectivity index (χ3n) is 2.48. The number of hydrogen-bond donors (Lipinski definition) is 3. The van der Waals surface area contributed by atoms with Gasteiger partial charge in [0.1, 0.15) is 5.82 Å². The van der Waals surface area contributed by atoms with E-state index in [0.29, 0.717) is 18.8 Å². The first kappa shape index (κ1) is 13.2. The minimum absolute atomic E-state index is 0.119. The van der Waals surface area contributed by atoms with Crippen molar-refractivity contribution in [1.82, 2.24) is 4.98 Å². The van der Waals surface area contributed by atoms with Gasteiger partial charge in [-0.1, -0.05) is 0 Å². The van der Waals surface area contributed by atoms with Gasteiger partial charge < -0.3 is 21.5 Å². The van der Waals surface area contributed by atoms with Crippen molar-refractivity contribution in [2.24, 2.45) is 5.73 Å². The average Bonchev–Trinajstić information content (AvgIpc) is 2.31. The monoisotopic (exact) mass is 238 g/mol. The first-order valence-electron chi connectivity index (χ1n) is 5.51. The molecule has 0 saturated carbocycles. The van der Waals surface area contributed by atoms with Crippen molar-refractivity contribution in [1.29, 1.82) is 0 Å². The van der Waals surface area contributed by atoms with Gasteiger partial charge in [0.25, 0.3) is 5.91 Å². The van der Waals surface area contributed by atoms with E-state index in [0.717, 1.165) is 6.54 Å². The molecule has 0 unspecified atom stereocenters. The van der Waals surface area contributed by atoms with Crippen LogP contribution in [-0.4, -0.2) is 35.7 Å². The molecule has 17 heavy (non-hydrogen) atoms. The van der Waals surface area contributed by atoms with Gasteiger partial charge in [-0.3, -0.25) is 4.79 Å². The number of nitrogen functional groups attached to an aromatic ring is 1. The number of nitrogens with two attached hydrogens (primary N) is 2. The normalized spacial score (nSPS) is 10.2. The lowest BCUT2D eigenvalue weighted by atomic mass is 10.2. The zero-order valence-electron chi connectivity index (χ0n) is 9.89. The van der Waals surface area contributed by atoms with Crippen molar-refractivity contribution in [3.63, 3.8) is 0 Å². The second-order valence-electron chi connectivity index (χ2n) is 3.65. The number of pyridine rings is 1. The number of aliphatic hydroxyl groups is 1. The topological polar surface area (TPSA) is 105 Å². The van der Waals surface area contributed by atoms with Gasteiger partial charge >= 0.3 is 0 Å². The average molecular weight is 238 g/mol. The summed E-state index contributed by atoms with van der Waals surface area (Å²) in [6, 6.07) is 1.58. The van der Waals surface area contributed by atoms with Crippen LogP contribution in [0.4, 0.5) is 11.5 Å². The number of carbonyl (C=O) groups is 1. The lowest BCUT2D eigenvalue weighted by molar-refractivity contribution is 0.100. The lowest BCUT2D eigenvalue weighted by Gasteiger charge is -2.22. The van der Waals surface area contributed by atoms with Gasteiger partial charge in [-0.05, 0) is 19.4 Å². The molecule has 1 rings (SSSR count). The fourth-order valence-corrected chi connectivity index (χ4v) is 1.54. The SMILES string of the molecule is CCN(CCCO)c1cc(C(N)=O)c(N)cn1. The minimum atomic E-state index is -0.565. The van der Waals surface area contributed by atoms with E-state index in [1.165, 1.54) is 6.20 Å². The number of anilines is 2. The van der Waals surface area contributed by atoms with Crippen molar-refractivity contribution < 1.29 is 9.90 Å². The van der Waals surface area contributed by atoms with Crippen LogP contribution in [0.1, 0.15) is 23.7 Å². The number of nitrogens with zero attached hydrogens (tertiary/aromatic N) is 2. The zero-order valence-corrected chi connectivity index (χ0v) is 9.89. The Kier molecular flexibility index (Phi) is 4.71. The molecule has 5 N–H and O–H groups in total.